The second kappa shape index (κ2) is 7.92. The third-order valence-corrected chi connectivity index (χ3v) is 4.60. The first-order valence-electron chi connectivity index (χ1n) is 7.46. The summed E-state index contributed by atoms with van der Waals surface area (Å²) in [4.78, 5) is 28.1. The molecule has 134 valence electrons. The van der Waals surface area contributed by atoms with Crippen LogP contribution in [0.25, 0.3) is 10.9 Å². The van der Waals surface area contributed by atoms with Gasteiger partial charge >= 0.3 is 5.91 Å². The molecule has 7 nitrogen and oxygen atoms in total. The average molecular weight is 486 g/mol. The smallest absolute Gasteiger partial charge is 0.305 e. The Kier molecular flexibility index (Phi) is 5.62. The average Bonchev–Trinajstić information content (AvgIpc) is 3.05. The zero-order chi connectivity index (χ0) is 18.7. The number of hydrogen-bond donors (Lipinski definition) is 2. The van der Waals surface area contributed by atoms with Crippen LogP contribution in [0.3, 0.4) is 0 Å². The van der Waals surface area contributed by atoms with Gasteiger partial charge in [-0.2, -0.15) is 0 Å². The van der Waals surface area contributed by atoms with Crippen LogP contribution < -0.4 is 15.6 Å². The topological polar surface area (TPSA) is 93.5 Å². The van der Waals surface area contributed by atoms with Gasteiger partial charge in [0.1, 0.15) is 5.52 Å². The predicted molar refractivity (Wildman–Crippen MR) is 104 cm³/mol. The van der Waals surface area contributed by atoms with E-state index in [4.69, 9.17) is 20.8 Å². The second-order valence-electron chi connectivity index (χ2n) is 5.29. The number of carbonyl (C=O) groups excluding carboxylic acids is 2. The number of hydrazine groups is 1. The normalized spacial score (nSPS) is 10.6. The quantitative estimate of drug-likeness (QED) is 0.437. The van der Waals surface area contributed by atoms with Crippen LogP contribution in [0.15, 0.2) is 41.1 Å². The molecule has 0 saturated carbocycles. The van der Waals surface area contributed by atoms with Crippen molar-refractivity contribution in [3.05, 3.63) is 56.6 Å². The van der Waals surface area contributed by atoms with Crippen LogP contribution in [0, 0.1) is 10.5 Å². The number of halogens is 2. The summed E-state index contributed by atoms with van der Waals surface area (Å²) in [6.45, 7) is 1.42. The van der Waals surface area contributed by atoms with Gasteiger partial charge in [-0.1, -0.05) is 11.6 Å². The van der Waals surface area contributed by atoms with Gasteiger partial charge in [0.25, 0.3) is 5.91 Å². The molecule has 0 atom stereocenters. The number of fused-ring (bicyclic) bond motifs is 1. The maximum Gasteiger partial charge on any atom is 0.305 e. The van der Waals surface area contributed by atoms with Gasteiger partial charge in [-0.05, 0) is 53.8 Å². The number of ether oxygens (including phenoxy) is 1. The first-order chi connectivity index (χ1) is 12.5. The maximum absolute atomic E-state index is 12.0. The number of nitrogens with one attached hydrogen (secondary N) is 2. The summed E-state index contributed by atoms with van der Waals surface area (Å²) >= 11 is 8.27. The minimum atomic E-state index is -0.547. The first-order valence-corrected chi connectivity index (χ1v) is 8.92. The van der Waals surface area contributed by atoms with E-state index in [1.807, 2.05) is 6.07 Å². The molecule has 3 aromatic rings. The van der Waals surface area contributed by atoms with Gasteiger partial charge in [0.15, 0.2) is 18.1 Å². The van der Waals surface area contributed by atoms with Gasteiger partial charge in [-0.3, -0.25) is 25.4 Å². The van der Waals surface area contributed by atoms with Gasteiger partial charge in [-0.15, -0.1) is 0 Å². The highest BCUT2D eigenvalue weighted by molar-refractivity contribution is 14.1. The SMILES string of the molecule is Cc1ccoc1C(=O)NNC(=O)COc1c(I)cc(Cl)c2cccnc12. The molecule has 9 heteroatoms. The van der Waals surface area contributed by atoms with Crippen LogP contribution in [0.5, 0.6) is 5.75 Å². The number of hydrogen-bond acceptors (Lipinski definition) is 5. The Morgan fingerprint density at radius 1 is 1.35 bits per heavy atom. The molecule has 2 heterocycles. The van der Waals surface area contributed by atoms with Crippen LogP contribution in [-0.2, 0) is 4.79 Å². The standard InChI is InChI=1S/C17H13ClIN3O4/c1-9-4-6-25-15(9)17(24)22-21-13(23)8-26-16-12(19)7-11(18)10-3-2-5-20-14(10)16/h2-7H,8H2,1H3,(H,21,23)(H,22,24). The Balaban J connectivity index is 1.64. The van der Waals surface area contributed by atoms with E-state index in [0.717, 1.165) is 8.96 Å². The third kappa shape index (κ3) is 3.91. The van der Waals surface area contributed by atoms with Gasteiger partial charge in [-0.25, -0.2) is 0 Å². The number of amides is 2. The molecular weight excluding hydrogens is 473 g/mol. The lowest BCUT2D eigenvalue weighted by molar-refractivity contribution is -0.123. The Hall–Kier alpha value is -2.33. The largest absolute Gasteiger partial charge is 0.480 e. The number of nitrogens with zero attached hydrogens (tertiary/aromatic N) is 1. The fourth-order valence-electron chi connectivity index (χ4n) is 2.25. The van der Waals surface area contributed by atoms with Crippen molar-refractivity contribution in [3.8, 4) is 5.75 Å². The highest BCUT2D eigenvalue weighted by Gasteiger charge is 2.16. The maximum atomic E-state index is 12.0. The molecule has 2 N–H and O–H groups in total. The van der Waals surface area contributed by atoms with Crippen molar-refractivity contribution in [1.29, 1.82) is 0 Å². The third-order valence-electron chi connectivity index (χ3n) is 3.48. The van der Waals surface area contributed by atoms with E-state index < -0.39 is 11.8 Å². The van der Waals surface area contributed by atoms with Gasteiger partial charge < -0.3 is 9.15 Å². The lowest BCUT2D eigenvalue weighted by Crippen LogP contribution is -2.43. The molecule has 0 radical (unpaired) electrons. The van der Waals surface area contributed by atoms with E-state index in [-0.39, 0.29) is 12.4 Å². The number of aromatic nitrogens is 1. The van der Waals surface area contributed by atoms with Crippen LogP contribution >= 0.6 is 34.2 Å². The summed E-state index contributed by atoms with van der Waals surface area (Å²) in [5.74, 6) is -0.492. The molecule has 0 aliphatic rings. The van der Waals surface area contributed by atoms with Crippen molar-refractivity contribution in [2.24, 2.45) is 0 Å². The van der Waals surface area contributed by atoms with E-state index >= 15 is 0 Å². The molecule has 0 spiro atoms. The molecular formula is C17H13ClIN3O4. The number of carbonyl (C=O) groups is 2. The molecule has 0 bridgehead atoms. The highest BCUT2D eigenvalue weighted by Crippen LogP contribution is 2.34. The number of furan rings is 1. The molecule has 2 amide bonds. The fraction of sp³-hybridized carbons (Fsp3) is 0.118. The monoisotopic (exact) mass is 485 g/mol. The van der Waals surface area contributed by atoms with Crippen LogP contribution in [-0.4, -0.2) is 23.4 Å². The fourth-order valence-corrected chi connectivity index (χ4v) is 3.41. The molecule has 2 aromatic heterocycles. The van der Waals surface area contributed by atoms with Gasteiger partial charge in [0.2, 0.25) is 0 Å². The zero-order valence-corrected chi connectivity index (χ0v) is 16.4. The second-order valence-corrected chi connectivity index (χ2v) is 6.86. The molecule has 0 fully saturated rings. The molecule has 26 heavy (non-hydrogen) atoms. The molecule has 0 aliphatic carbocycles. The van der Waals surface area contributed by atoms with Crippen molar-refractivity contribution >= 4 is 56.9 Å². The Bertz CT molecular complexity index is 989. The number of pyridine rings is 1. The van der Waals surface area contributed by atoms with E-state index in [0.29, 0.717) is 21.9 Å². The van der Waals surface area contributed by atoms with Crippen LogP contribution in [0.2, 0.25) is 5.02 Å². The summed E-state index contributed by atoms with van der Waals surface area (Å²) in [5, 5.41) is 1.28. The summed E-state index contributed by atoms with van der Waals surface area (Å²) in [5.41, 5.74) is 5.78. The highest BCUT2D eigenvalue weighted by atomic mass is 127. The molecule has 0 unspecified atom stereocenters. The minimum Gasteiger partial charge on any atom is -0.480 e. The molecule has 0 saturated heterocycles. The first kappa shape index (κ1) is 18.5. The number of benzene rings is 1. The zero-order valence-electron chi connectivity index (χ0n) is 13.5. The van der Waals surface area contributed by atoms with Gasteiger partial charge in [0.05, 0.1) is 14.9 Å². The van der Waals surface area contributed by atoms with Crippen molar-refractivity contribution in [1.82, 2.24) is 15.8 Å². The van der Waals surface area contributed by atoms with Crippen LogP contribution in [0.1, 0.15) is 16.1 Å². The summed E-state index contributed by atoms with van der Waals surface area (Å²) in [6.07, 6.45) is 3.02. The Labute approximate surface area is 167 Å². The Morgan fingerprint density at radius 2 is 2.15 bits per heavy atom. The summed E-state index contributed by atoms with van der Waals surface area (Å²) in [7, 11) is 0. The lowest BCUT2D eigenvalue weighted by atomic mass is 10.2. The van der Waals surface area contributed by atoms with Crippen molar-refractivity contribution in [3.63, 3.8) is 0 Å². The van der Waals surface area contributed by atoms with E-state index in [1.54, 1.807) is 31.3 Å². The summed E-state index contributed by atoms with van der Waals surface area (Å²) < 4.78 is 11.4. The van der Waals surface area contributed by atoms with E-state index in [9.17, 15) is 9.59 Å². The molecule has 3 rings (SSSR count). The minimum absolute atomic E-state index is 0.133. The number of rotatable bonds is 4. The molecule has 1 aromatic carbocycles. The van der Waals surface area contributed by atoms with Gasteiger partial charge in [0, 0.05) is 17.1 Å². The van der Waals surface area contributed by atoms with Crippen molar-refractivity contribution < 1.29 is 18.7 Å². The summed E-state index contributed by atoms with van der Waals surface area (Å²) in [6, 6.07) is 6.98. The van der Waals surface area contributed by atoms with E-state index in [1.165, 1.54) is 6.26 Å². The lowest BCUT2D eigenvalue weighted by Gasteiger charge is -2.12. The van der Waals surface area contributed by atoms with Crippen LogP contribution in [0.4, 0.5) is 0 Å². The Morgan fingerprint density at radius 3 is 2.88 bits per heavy atom. The van der Waals surface area contributed by atoms with Crippen molar-refractivity contribution in [2.75, 3.05) is 6.61 Å². The number of aryl methyl sites for hydroxylation is 1. The van der Waals surface area contributed by atoms with Crippen molar-refractivity contribution in [2.45, 2.75) is 6.92 Å². The predicted octanol–water partition coefficient (Wildman–Crippen LogP) is 3.23. The van der Waals surface area contributed by atoms with E-state index in [2.05, 4.69) is 38.4 Å². The molecule has 0 aliphatic heterocycles.